The molecule has 1 aliphatic heterocycles. The van der Waals surface area contributed by atoms with Gasteiger partial charge in [-0.15, -0.1) is 0 Å². The van der Waals surface area contributed by atoms with Crippen molar-refractivity contribution >= 4 is 17.5 Å². The number of carbonyl (C=O) groups excluding carboxylic acids is 2. The Hall–Kier alpha value is -3.38. The average molecular weight is 376 g/mol. The van der Waals surface area contributed by atoms with Crippen LogP contribution in [0.4, 0.5) is 5.69 Å². The van der Waals surface area contributed by atoms with Crippen LogP contribution in [0.3, 0.4) is 0 Å². The molecule has 142 valence electrons. The summed E-state index contributed by atoms with van der Waals surface area (Å²) in [5.41, 5.74) is 3.50. The molecule has 0 aliphatic carbocycles. The number of rotatable bonds is 5. The fraction of sp³-hybridized carbons (Fsp3) is 0.182. The molecule has 0 unspecified atom stereocenters. The van der Waals surface area contributed by atoms with Gasteiger partial charge in [-0.1, -0.05) is 24.3 Å². The number of hydrogen-bond acceptors (Lipinski definition) is 4. The molecule has 6 nitrogen and oxygen atoms in total. The third kappa shape index (κ3) is 3.97. The quantitative estimate of drug-likeness (QED) is 0.713. The van der Waals surface area contributed by atoms with Crippen molar-refractivity contribution in [2.75, 3.05) is 18.5 Å². The van der Waals surface area contributed by atoms with Gasteiger partial charge in [-0.3, -0.25) is 9.59 Å². The van der Waals surface area contributed by atoms with Gasteiger partial charge in [0.05, 0.1) is 12.9 Å². The SMILES string of the molecule is O=C(NC[C@H]1OCCc2ccccc21)c1ccc(NC(=O)c2ccco2)cc1. The van der Waals surface area contributed by atoms with E-state index in [9.17, 15) is 9.59 Å². The van der Waals surface area contributed by atoms with Gasteiger partial charge in [-0.2, -0.15) is 0 Å². The van der Waals surface area contributed by atoms with Crippen LogP contribution in [0.2, 0.25) is 0 Å². The summed E-state index contributed by atoms with van der Waals surface area (Å²) in [5, 5.41) is 5.65. The first-order chi connectivity index (χ1) is 13.7. The number of ether oxygens (including phenoxy) is 1. The first kappa shape index (κ1) is 18.0. The lowest BCUT2D eigenvalue weighted by molar-refractivity contribution is 0.0411. The van der Waals surface area contributed by atoms with E-state index in [-0.39, 0.29) is 23.7 Å². The lowest BCUT2D eigenvalue weighted by Gasteiger charge is -2.26. The van der Waals surface area contributed by atoms with Crippen LogP contribution in [0.5, 0.6) is 0 Å². The van der Waals surface area contributed by atoms with Crippen molar-refractivity contribution in [2.45, 2.75) is 12.5 Å². The van der Waals surface area contributed by atoms with Crippen LogP contribution in [-0.2, 0) is 11.2 Å². The molecule has 0 saturated carbocycles. The fourth-order valence-electron chi connectivity index (χ4n) is 3.24. The van der Waals surface area contributed by atoms with Gasteiger partial charge in [0.1, 0.15) is 6.10 Å². The molecular weight excluding hydrogens is 356 g/mol. The molecule has 2 aromatic carbocycles. The summed E-state index contributed by atoms with van der Waals surface area (Å²) in [6.07, 6.45) is 2.20. The number of carbonyl (C=O) groups is 2. The summed E-state index contributed by atoms with van der Waals surface area (Å²) >= 11 is 0. The molecule has 28 heavy (non-hydrogen) atoms. The molecule has 1 aliphatic rings. The van der Waals surface area contributed by atoms with Gasteiger partial charge in [0, 0.05) is 17.8 Å². The normalized spacial score (nSPS) is 15.5. The lowest BCUT2D eigenvalue weighted by Crippen LogP contribution is -2.31. The van der Waals surface area contributed by atoms with Crippen LogP contribution in [0.15, 0.2) is 71.3 Å². The van der Waals surface area contributed by atoms with Gasteiger partial charge >= 0.3 is 0 Å². The molecule has 0 saturated heterocycles. The Morgan fingerprint density at radius 2 is 1.79 bits per heavy atom. The fourth-order valence-corrected chi connectivity index (χ4v) is 3.24. The van der Waals surface area contributed by atoms with Crippen molar-refractivity contribution in [3.05, 3.63) is 89.4 Å². The molecule has 0 radical (unpaired) electrons. The van der Waals surface area contributed by atoms with Gasteiger partial charge in [0.15, 0.2) is 5.76 Å². The standard InChI is InChI=1S/C22H20N2O4/c25-21(23-14-20-18-5-2-1-4-15(18)11-13-28-20)16-7-9-17(10-8-16)24-22(26)19-6-3-12-27-19/h1-10,12,20H,11,13-14H2,(H,23,25)(H,24,26)/t20-/m1/s1. The van der Waals surface area contributed by atoms with E-state index < -0.39 is 0 Å². The number of anilines is 1. The van der Waals surface area contributed by atoms with Crippen LogP contribution in [0, 0.1) is 0 Å². The molecular formula is C22H20N2O4. The molecule has 0 bridgehead atoms. The number of hydrogen-bond donors (Lipinski definition) is 2. The molecule has 4 rings (SSSR count). The Morgan fingerprint density at radius 1 is 0.964 bits per heavy atom. The molecule has 2 amide bonds. The smallest absolute Gasteiger partial charge is 0.291 e. The minimum Gasteiger partial charge on any atom is -0.459 e. The van der Waals surface area contributed by atoms with E-state index in [2.05, 4.69) is 16.7 Å². The van der Waals surface area contributed by atoms with Crippen molar-refractivity contribution in [3.8, 4) is 0 Å². The van der Waals surface area contributed by atoms with Gasteiger partial charge in [0.25, 0.3) is 11.8 Å². The van der Waals surface area contributed by atoms with Crippen LogP contribution in [0.1, 0.15) is 38.1 Å². The number of nitrogens with one attached hydrogen (secondary N) is 2. The summed E-state index contributed by atoms with van der Waals surface area (Å²) in [6.45, 7) is 1.06. The first-order valence-electron chi connectivity index (χ1n) is 9.13. The second-order valence-electron chi connectivity index (χ2n) is 6.53. The maximum absolute atomic E-state index is 12.5. The Kier molecular flexibility index (Phi) is 5.21. The minimum atomic E-state index is -0.338. The highest BCUT2D eigenvalue weighted by Gasteiger charge is 2.21. The van der Waals surface area contributed by atoms with Crippen molar-refractivity contribution in [3.63, 3.8) is 0 Å². The van der Waals surface area contributed by atoms with E-state index in [1.54, 1.807) is 36.4 Å². The second kappa shape index (κ2) is 8.10. The predicted octanol–water partition coefficient (Wildman–Crippen LogP) is 3.58. The molecule has 2 N–H and O–H groups in total. The van der Waals surface area contributed by atoms with Crippen LogP contribution in [0.25, 0.3) is 0 Å². The van der Waals surface area contributed by atoms with Gasteiger partial charge in [-0.05, 0) is 53.9 Å². The van der Waals surface area contributed by atoms with E-state index in [1.807, 2.05) is 18.2 Å². The molecule has 1 atom stereocenters. The third-order valence-electron chi connectivity index (χ3n) is 4.69. The summed E-state index contributed by atoms with van der Waals surface area (Å²) in [7, 11) is 0. The van der Waals surface area contributed by atoms with Crippen LogP contribution >= 0.6 is 0 Å². The molecule has 2 heterocycles. The zero-order valence-electron chi connectivity index (χ0n) is 15.2. The molecule has 0 fully saturated rings. The Bertz CT molecular complexity index is 964. The molecule has 3 aromatic rings. The van der Waals surface area contributed by atoms with E-state index in [4.69, 9.17) is 9.15 Å². The van der Waals surface area contributed by atoms with Crippen LogP contribution in [-0.4, -0.2) is 25.0 Å². The average Bonchev–Trinajstić information content (AvgIpc) is 3.27. The third-order valence-corrected chi connectivity index (χ3v) is 4.69. The summed E-state index contributed by atoms with van der Waals surface area (Å²) in [6, 6.07) is 18.1. The van der Waals surface area contributed by atoms with Gasteiger partial charge in [-0.25, -0.2) is 0 Å². The van der Waals surface area contributed by atoms with Gasteiger partial charge in [0.2, 0.25) is 0 Å². The topological polar surface area (TPSA) is 80.6 Å². The van der Waals surface area contributed by atoms with Crippen molar-refractivity contribution < 1.29 is 18.7 Å². The van der Waals surface area contributed by atoms with Crippen molar-refractivity contribution in [2.24, 2.45) is 0 Å². The zero-order valence-corrected chi connectivity index (χ0v) is 15.2. The minimum absolute atomic E-state index is 0.138. The van der Waals surface area contributed by atoms with E-state index in [1.165, 1.54) is 11.8 Å². The predicted molar refractivity (Wildman–Crippen MR) is 104 cm³/mol. The largest absolute Gasteiger partial charge is 0.459 e. The zero-order chi connectivity index (χ0) is 19.3. The number of furan rings is 1. The van der Waals surface area contributed by atoms with E-state index >= 15 is 0 Å². The lowest BCUT2D eigenvalue weighted by atomic mass is 9.97. The Balaban J connectivity index is 1.35. The Labute approximate surface area is 162 Å². The maximum atomic E-state index is 12.5. The second-order valence-corrected chi connectivity index (χ2v) is 6.53. The summed E-state index contributed by atoms with van der Waals surface area (Å²) in [5.74, 6) is -0.291. The highest BCUT2D eigenvalue weighted by atomic mass is 16.5. The number of benzene rings is 2. The number of amides is 2. The van der Waals surface area contributed by atoms with E-state index in [0.717, 1.165) is 12.0 Å². The first-order valence-corrected chi connectivity index (χ1v) is 9.13. The molecule has 6 heteroatoms. The van der Waals surface area contributed by atoms with Crippen molar-refractivity contribution in [1.29, 1.82) is 0 Å². The highest BCUT2D eigenvalue weighted by molar-refractivity contribution is 6.02. The summed E-state index contributed by atoms with van der Waals surface area (Å²) < 4.78 is 10.9. The Morgan fingerprint density at radius 3 is 2.57 bits per heavy atom. The molecule has 0 spiro atoms. The van der Waals surface area contributed by atoms with Crippen molar-refractivity contribution in [1.82, 2.24) is 5.32 Å². The highest BCUT2D eigenvalue weighted by Crippen LogP contribution is 2.26. The van der Waals surface area contributed by atoms with E-state index in [0.29, 0.717) is 24.4 Å². The maximum Gasteiger partial charge on any atom is 0.291 e. The van der Waals surface area contributed by atoms with Gasteiger partial charge < -0.3 is 19.8 Å². The van der Waals surface area contributed by atoms with Crippen LogP contribution < -0.4 is 10.6 Å². The monoisotopic (exact) mass is 376 g/mol. The number of fused-ring (bicyclic) bond motifs is 1. The summed E-state index contributed by atoms with van der Waals surface area (Å²) in [4.78, 5) is 24.4. The molecule has 1 aromatic heterocycles.